The van der Waals surface area contributed by atoms with Gasteiger partial charge >= 0.3 is 6.18 Å². The zero-order valence-electron chi connectivity index (χ0n) is 11.0. The van der Waals surface area contributed by atoms with Gasteiger partial charge in [0.05, 0.1) is 23.3 Å². The second-order valence-electron chi connectivity index (χ2n) is 4.56. The van der Waals surface area contributed by atoms with Crippen molar-refractivity contribution in [3.05, 3.63) is 46.0 Å². The molecule has 1 aromatic carbocycles. The van der Waals surface area contributed by atoms with Crippen LogP contribution in [0.25, 0.3) is 0 Å². The van der Waals surface area contributed by atoms with Gasteiger partial charge in [-0.1, -0.05) is 18.2 Å². The summed E-state index contributed by atoms with van der Waals surface area (Å²) in [6.45, 7) is 0. The minimum Gasteiger partial charge on any atom is -0.386 e. The Morgan fingerprint density at radius 2 is 1.86 bits per heavy atom. The number of allylic oxidation sites excluding steroid dienone is 1. The van der Waals surface area contributed by atoms with Gasteiger partial charge in [0.25, 0.3) is 0 Å². The molecule has 1 aromatic rings. The lowest BCUT2D eigenvalue weighted by molar-refractivity contribution is -0.138. The summed E-state index contributed by atoms with van der Waals surface area (Å²) in [4.78, 5) is 3.77. The van der Waals surface area contributed by atoms with Gasteiger partial charge in [-0.3, -0.25) is 0 Å². The van der Waals surface area contributed by atoms with Gasteiger partial charge in [-0.15, -0.1) is 12.6 Å². The lowest BCUT2D eigenvalue weighted by atomic mass is 9.78. The monoisotopic (exact) mass is 322 g/mol. The van der Waals surface area contributed by atoms with Gasteiger partial charge in [0.2, 0.25) is 0 Å². The minimum absolute atomic E-state index is 0.0755. The number of alkyl halides is 3. The Balaban J connectivity index is 2.73. The Bertz CT molecular complexity index is 753. The van der Waals surface area contributed by atoms with Crippen LogP contribution in [-0.4, -0.2) is 5.84 Å². The van der Waals surface area contributed by atoms with Gasteiger partial charge in [-0.2, -0.15) is 23.7 Å². The van der Waals surface area contributed by atoms with E-state index in [1.54, 1.807) is 6.07 Å². The van der Waals surface area contributed by atoms with E-state index >= 15 is 0 Å². The molecule has 1 heterocycles. The van der Waals surface area contributed by atoms with Crippen LogP contribution < -0.4 is 5.73 Å². The van der Waals surface area contributed by atoms with Gasteiger partial charge in [0, 0.05) is 5.92 Å². The molecule has 0 aliphatic carbocycles. The largest absolute Gasteiger partial charge is 0.416 e. The molecule has 0 bridgehead atoms. The zero-order valence-corrected chi connectivity index (χ0v) is 11.9. The minimum atomic E-state index is -4.61. The first-order chi connectivity index (χ1) is 10.3. The Labute approximate surface area is 129 Å². The molecule has 0 radical (unpaired) electrons. The predicted molar refractivity (Wildman–Crippen MR) is 76.5 cm³/mol. The highest BCUT2D eigenvalue weighted by Gasteiger charge is 2.41. The summed E-state index contributed by atoms with van der Waals surface area (Å²) in [6, 6.07) is 8.40. The molecule has 1 aliphatic heterocycles. The van der Waals surface area contributed by atoms with E-state index in [4.69, 9.17) is 5.73 Å². The average Bonchev–Trinajstić information content (AvgIpc) is 2.45. The van der Waals surface area contributed by atoms with Crippen LogP contribution in [0.5, 0.6) is 0 Å². The molecule has 2 N–H and O–H groups in total. The fraction of sp³-hybridized carbons (Fsp3) is 0.214. The highest BCUT2D eigenvalue weighted by molar-refractivity contribution is 7.84. The maximum Gasteiger partial charge on any atom is 0.416 e. The summed E-state index contributed by atoms with van der Waals surface area (Å²) >= 11 is 3.99. The van der Waals surface area contributed by atoms with E-state index in [-0.39, 0.29) is 22.0 Å². The van der Waals surface area contributed by atoms with Crippen LogP contribution in [0.2, 0.25) is 0 Å². The number of thiol groups is 1. The first-order valence-corrected chi connectivity index (χ1v) is 6.49. The fourth-order valence-corrected chi connectivity index (χ4v) is 2.65. The van der Waals surface area contributed by atoms with E-state index in [0.717, 1.165) is 6.07 Å². The predicted octanol–water partition coefficient (Wildman–Crippen LogP) is 2.96. The van der Waals surface area contributed by atoms with E-state index in [1.807, 2.05) is 6.07 Å². The molecule has 0 aromatic heterocycles. The van der Waals surface area contributed by atoms with Gasteiger partial charge in [0.1, 0.15) is 16.8 Å². The van der Waals surface area contributed by atoms with Gasteiger partial charge in [0.15, 0.2) is 0 Å². The number of amidine groups is 1. The molecule has 0 spiro atoms. The summed E-state index contributed by atoms with van der Waals surface area (Å²) in [5, 5.41) is 18.4. The topological polar surface area (TPSA) is 86.0 Å². The number of nitrogens with two attached hydrogens (primary N) is 1. The van der Waals surface area contributed by atoms with Gasteiger partial charge < -0.3 is 5.73 Å². The summed E-state index contributed by atoms with van der Waals surface area (Å²) < 4.78 is 39.6. The molecule has 8 heteroatoms. The maximum absolute atomic E-state index is 13.2. The number of aliphatic imine (C=N–C) groups is 1. The van der Waals surface area contributed by atoms with Crippen molar-refractivity contribution in [1.29, 1.82) is 10.5 Å². The van der Waals surface area contributed by atoms with Crippen molar-refractivity contribution in [2.45, 2.75) is 12.1 Å². The number of rotatable bonds is 1. The van der Waals surface area contributed by atoms with Crippen molar-refractivity contribution in [3.8, 4) is 12.1 Å². The van der Waals surface area contributed by atoms with Crippen LogP contribution in [0.15, 0.2) is 39.9 Å². The Morgan fingerprint density at radius 1 is 1.23 bits per heavy atom. The van der Waals surface area contributed by atoms with Crippen molar-refractivity contribution in [2.24, 2.45) is 16.6 Å². The molecule has 22 heavy (non-hydrogen) atoms. The molecule has 2 atom stereocenters. The lowest BCUT2D eigenvalue weighted by Gasteiger charge is -2.28. The van der Waals surface area contributed by atoms with E-state index in [1.165, 1.54) is 18.2 Å². The van der Waals surface area contributed by atoms with Crippen LogP contribution in [-0.2, 0) is 6.18 Å². The third kappa shape index (κ3) is 2.66. The standard InChI is InChI=1S/C14H9F3N4S/c15-14(16,17)10-4-2-1-3-7(10)11-8(5-18)12(20)21-13(22)9(11)6-19/h1-4,8,11,22H,(H2,20,21)/t8?,11-/m1/s1. The first kappa shape index (κ1) is 15.9. The highest BCUT2D eigenvalue weighted by atomic mass is 32.1. The Kier molecular flexibility index (Phi) is 4.16. The van der Waals surface area contributed by atoms with E-state index in [0.29, 0.717) is 0 Å². The van der Waals surface area contributed by atoms with E-state index < -0.39 is 23.6 Å². The number of benzene rings is 1. The quantitative estimate of drug-likeness (QED) is 0.779. The Hall–Kier alpha value is -2.45. The molecule has 112 valence electrons. The summed E-state index contributed by atoms with van der Waals surface area (Å²) in [5.74, 6) is -2.47. The van der Waals surface area contributed by atoms with E-state index in [9.17, 15) is 23.7 Å². The van der Waals surface area contributed by atoms with Crippen LogP contribution >= 0.6 is 12.6 Å². The summed E-state index contributed by atoms with van der Waals surface area (Å²) in [6.07, 6.45) is -4.61. The Morgan fingerprint density at radius 3 is 2.41 bits per heavy atom. The fourth-order valence-electron chi connectivity index (χ4n) is 2.35. The second kappa shape index (κ2) is 5.74. The molecular formula is C14H9F3N4S. The average molecular weight is 322 g/mol. The van der Waals surface area contributed by atoms with Crippen LogP contribution in [0, 0.1) is 28.6 Å². The van der Waals surface area contributed by atoms with Crippen molar-refractivity contribution >= 4 is 18.5 Å². The van der Waals surface area contributed by atoms with Crippen molar-refractivity contribution in [2.75, 3.05) is 0 Å². The third-order valence-corrected chi connectivity index (χ3v) is 3.64. The second-order valence-corrected chi connectivity index (χ2v) is 4.98. The number of nitrogens with zero attached hydrogens (tertiary/aromatic N) is 3. The molecule has 0 saturated carbocycles. The third-order valence-electron chi connectivity index (χ3n) is 3.30. The molecule has 4 nitrogen and oxygen atoms in total. The van der Waals surface area contributed by atoms with E-state index in [2.05, 4.69) is 17.6 Å². The molecule has 0 fully saturated rings. The van der Waals surface area contributed by atoms with Crippen LogP contribution in [0.1, 0.15) is 17.0 Å². The normalized spacial score (nSPS) is 21.8. The maximum atomic E-state index is 13.2. The SMILES string of the molecule is N#CC1=C(S)N=C(N)C(C#N)[C@H]1c1ccccc1C(F)(F)F. The molecule has 1 unspecified atom stereocenters. The van der Waals surface area contributed by atoms with Crippen LogP contribution in [0.4, 0.5) is 13.2 Å². The number of halogens is 3. The smallest absolute Gasteiger partial charge is 0.386 e. The van der Waals surface area contributed by atoms with Crippen LogP contribution in [0.3, 0.4) is 0 Å². The first-order valence-electron chi connectivity index (χ1n) is 6.04. The molecule has 2 rings (SSSR count). The molecule has 0 saturated heterocycles. The number of nitriles is 2. The zero-order chi connectivity index (χ0) is 16.5. The molecular weight excluding hydrogens is 313 g/mol. The summed E-state index contributed by atoms with van der Waals surface area (Å²) in [7, 11) is 0. The van der Waals surface area contributed by atoms with Crippen molar-refractivity contribution < 1.29 is 13.2 Å². The van der Waals surface area contributed by atoms with Gasteiger partial charge in [-0.05, 0) is 11.6 Å². The van der Waals surface area contributed by atoms with Crippen molar-refractivity contribution in [1.82, 2.24) is 0 Å². The molecule has 1 aliphatic rings. The molecule has 0 amide bonds. The number of hydrogen-bond donors (Lipinski definition) is 2. The lowest BCUT2D eigenvalue weighted by Crippen LogP contribution is -2.33. The highest BCUT2D eigenvalue weighted by Crippen LogP contribution is 2.43. The summed E-state index contributed by atoms with van der Waals surface area (Å²) in [5.41, 5.74) is 4.42. The number of hydrogen-bond acceptors (Lipinski definition) is 5. The van der Waals surface area contributed by atoms with Crippen molar-refractivity contribution in [3.63, 3.8) is 0 Å². The van der Waals surface area contributed by atoms with Gasteiger partial charge in [-0.25, -0.2) is 4.99 Å².